The van der Waals surface area contributed by atoms with Crippen LogP contribution < -0.4 is 5.32 Å². The molecule has 2 unspecified atom stereocenters. The average Bonchev–Trinajstić information content (AvgIpc) is 3.01. The highest BCUT2D eigenvalue weighted by Crippen LogP contribution is 2.60. The zero-order chi connectivity index (χ0) is 20.4. The summed E-state index contributed by atoms with van der Waals surface area (Å²) < 4.78 is 5.61. The average molecular weight is 406 g/mol. The summed E-state index contributed by atoms with van der Waals surface area (Å²) in [5.41, 5.74) is 3.37. The molecule has 0 aromatic heterocycles. The topological polar surface area (TPSA) is 55.4 Å². The molecule has 1 N–H and O–H groups in total. The van der Waals surface area contributed by atoms with E-state index in [9.17, 15) is 9.59 Å². The zero-order valence-corrected chi connectivity index (χ0v) is 17.2. The molecule has 0 bridgehead atoms. The van der Waals surface area contributed by atoms with E-state index >= 15 is 0 Å². The Morgan fingerprint density at radius 2 is 1.90 bits per heavy atom. The molecule has 29 heavy (non-hydrogen) atoms. The number of para-hydroxylation sites is 1. The van der Waals surface area contributed by atoms with Crippen LogP contribution in [0.5, 0.6) is 0 Å². The third kappa shape index (κ3) is 4.30. The second-order valence-electron chi connectivity index (χ2n) is 7.95. The van der Waals surface area contributed by atoms with Crippen LogP contribution in [0.1, 0.15) is 19.4 Å². The molecular formula is C24H23NO3S. The maximum absolute atomic E-state index is 12.7. The van der Waals surface area contributed by atoms with Crippen molar-refractivity contribution in [3.05, 3.63) is 83.3 Å². The minimum atomic E-state index is -0.215. The van der Waals surface area contributed by atoms with Crippen molar-refractivity contribution >= 4 is 34.2 Å². The van der Waals surface area contributed by atoms with Crippen LogP contribution in [0.4, 0.5) is 11.4 Å². The van der Waals surface area contributed by atoms with E-state index in [4.69, 9.17) is 4.74 Å². The number of thioether (sulfide) groups is 1. The molecule has 1 heterocycles. The highest BCUT2D eigenvalue weighted by atomic mass is 32.2. The molecule has 1 fully saturated rings. The number of carbonyl (C=O) groups is 2. The van der Waals surface area contributed by atoms with Crippen LogP contribution in [0, 0.1) is 17.3 Å². The predicted molar refractivity (Wildman–Crippen MR) is 117 cm³/mol. The van der Waals surface area contributed by atoms with E-state index in [0.717, 1.165) is 16.9 Å². The molecule has 2 aliphatic rings. The summed E-state index contributed by atoms with van der Waals surface area (Å²) in [5.74, 6) is -0.392. The molecule has 0 saturated heterocycles. The first kappa shape index (κ1) is 19.5. The first-order valence-electron chi connectivity index (χ1n) is 9.62. The van der Waals surface area contributed by atoms with E-state index in [1.54, 1.807) is 5.41 Å². The monoisotopic (exact) mass is 405 g/mol. The molecule has 2 aromatic rings. The van der Waals surface area contributed by atoms with E-state index < -0.39 is 0 Å². The fraction of sp³-hybridized carbons (Fsp3) is 0.250. The number of hydrogen-bond acceptors (Lipinski definition) is 5. The van der Waals surface area contributed by atoms with Crippen LogP contribution >= 0.6 is 11.8 Å². The third-order valence-electron chi connectivity index (χ3n) is 5.55. The molecule has 148 valence electrons. The van der Waals surface area contributed by atoms with Gasteiger partial charge in [-0.15, -0.1) is 0 Å². The first-order chi connectivity index (χ1) is 13.9. The number of nitrogens with one attached hydrogen (secondary N) is 1. The van der Waals surface area contributed by atoms with E-state index in [0.29, 0.717) is 5.57 Å². The quantitative estimate of drug-likeness (QED) is 0.511. The number of benzene rings is 2. The summed E-state index contributed by atoms with van der Waals surface area (Å²) >= 11 is 1.18. The molecule has 2 aromatic carbocycles. The van der Waals surface area contributed by atoms with Gasteiger partial charge in [0.2, 0.25) is 5.12 Å². The Morgan fingerprint density at radius 3 is 2.62 bits per heavy atom. The van der Waals surface area contributed by atoms with Gasteiger partial charge in [0.15, 0.2) is 0 Å². The van der Waals surface area contributed by atoms with Crippen molar-refractivity contribution in [2.24, 2.45) is 17.3 Å². The van der Waals surface area contributed by atoms with Crippen molar-refractivity contribution < 1.29 is 14.3 Å². The minimum absolute atomic E-state index is 0.0309. The number of anilines is 2. The molecule has 0 radical (unpaired) electrons. The van der Waals surface area contributed by atoms with Crippen molar-refractivity contribution in [3.63, 3.8) is 0 Å². The van der Waals surface area contributed by atoms with Gasteiger partial charge in [0.1, 0.15) is 6.61 Å². The summed E-state index contributed by atoms with van der Waals surface area (Å²) in [7, 11) is 0. The summed E-state index contributed by atoms with van der Waals surface area (Å²) in [5, 5.41) is 5.17. The molecule has 1 saturated carbocycles. The van der Waals surface area contributed by atoms with Crippen molar-refractivity contribution in [2.45, 2.75) is 20.5 Å². The van der Waals surface area contributed by atoms with Crippen molar-refractivity contribution in [1.82, 2.24) is 0 Å². The summed E-state index contributed by atoms with van der Waals surface area (Å²) in [6.07, 6.45) is 3.74. The summed E-state index contributed by atoms with van der Waals surface area (Å²) in [6.45, 7) is 4.32. The number of esters is 1. The van der Waals surface area contributed by atoms with Crippen LogP contribution in [-0.2, 0) is 20.9 Å². The molecule has 1 aliphatic heterocycles. The van der Waals surface area contributed by atoms with Gasteiger partial charge in [0, 0.05) is 16.9 Å². The second-order valence-corrected chi connectivity index (χ2v) is 8.83. The van der Waals surface area contributed by atoms with E-state index in [-0.39, 0.29) is 34.9 Å². The predicted octanol–water partition coefficient (Wildman–Crippen LogP) is 5.46. The van der Waals surface area contributed by atoms with Crippen molar-refractivity contribution in [1.29, 1.82) is 0 Å². The van der Waals surface area contributed by atoms with E-state index in [1.807, 2.05) is 80.6 Å². The van der Waals surface area contributed by atoms with Crippen molar-refractivity contribution in [2.75, 3.05) is 5.32 Å². The highest BCUT2D eigenvalue weighted by Gasteiger charge is 2.61. The molecular weight excluding hydrogens is 382 g/mol. The normalized spacial score (nSPS) is 23.2. The van der Waals surface area contributed by atoms with Gasteiger partial charge in [-0.25, -0.2) is 0 Å². The molecule has 2 atom stereocenters. The van der Waals surface area contributed by atoms with Crippen LogP contribution in [0.25, 0.3) is 0 Å². The summed E-state index contributed by atoms with van der Waals surface area (Å²) in [4.78, 5) is 24.5. The molecule has 4 rings (SSSR count). The highest BCUT2D eigenvalue weighted by molar-refractivity contribution is 8.17. The lowest BCUT2D eigenvalue weighted by Gasteiger charge is -2.09. The SMILES string of the molecule is CC1(C)C(C=C2C=CSC2=O)C1C(=O)OCc1cccc(Nc2ccccc2)c1. The van der Waals surface area contributed by atoms with Crippen LogP contribution in [0.3, 0.4) is 0 Å². The lowest BCUT2D eigenvalue weighted by Crippen LogP contribution is -2.10. The molecule has 1 aliphatic carbocycles. The van der Waals surface area contributed by atoms with Crippen LogP contribution in [-0.4, -0.2) is 11.1 Å². The van der Waals surface area contributed by atoms with Gasteiger partial charge in [-0.1, -0.05) is 62.0 Å². The van der Waals surface area contributed by atoms with E-state index in [1.165, 1.54) is 11.8 Å². The smallest absolute Gasteiger partial charge is 0.310 e. The summed E-state index contributed by atoms with van der Waals surface area (Å²) in [6, 6.07) is 17.8. The van der Waals surface area contributed by atoms with Gasteiger partial charge >= 0.3 is 5.97 Å². The number of ether oxygens (including phenoxy) is 1. The Bertz CT molecular complexity index is 994. The van der Waals surface area contributed by atoms with Gasteiger partial charge in [-0.3, -0.25) is 9.59 Å². The maximum atomic E-state index is 12.7. The molecule has 0 amide bonds. The fourth-order valence-corrected chi connectivity index (χ4v) is 4.34. The third-order valence-corrected chi connectivity index (χ3v) is 6.27. The number of rotatable bonds is 6. The standard InChI is InChI=1S/C24H23NO3S/c1-24(2)20(14-17-11-12-29-23(17)27)21(24)22(26)28-15-16-7-6-10-19(13-16)25-18-8-4-3-5-9-18/h3-14,20-21,25H,15H2,1-2H3. The van der Waals surface area contributed by atoms with Gasteiger partial charge in [0.25, 0.3) is 0 Å². The number of carbonyl (C=O) groups excluding carboxylic acids is 2. The molecule has 5 heteroatoms. The largest absolute Gasteiger partial charge is 0.461 e. The lowest BCUT2D eigenvalue weighted by molar-refractivity contribution is -0.147. The Balaban J connectivity index is 1.37. The Morgan fingerprint density at radius 1 is 1.14 bits per heavy atom. The van der Waals surface area contributed by atoms with Gasteiger partial charge < -0.3 is 10.1 Å². The fourth-order valence-electron chi connectivity index (χ4n) is 3.73. The Kier molecular flexibility index (Phi) is 5.33. The number of hydrogen-bond donors (Lipinski definition) is 1. The molecule has 0 spiro atoms. The van der Waals surface area contributed by atoms with Crippen LogP contribution in [0.2, 0.25) is 0 Å². The molecule has 4 nitrogen and oxygen atoms in total. The van der Waals surface area contributed by atoms with Gasteiger partial charge in [-0.2, -0.15) is 0 Å². The van der Waals surface area contributed by atoms with Crippen LogP contribution in [0.15, 0.2) is 77.7 Å². The zero-order valence-electron chi connectivity index (χ0n) is 16.4. The first-order valence-corrected chi connectivity index (χ1v) is 10.5. The van der Waals surface area contributed by atoms with Gasteiger partial charge in [0.05, 0.1) is 5.92 Å². The van der Waals surface area contributed by atoms with Gasteiger partial charge in [-0.05, 0) is 52.6 Å². The maximum Gasteiger partial charge on any atom is 0.310 e. The number of allylic oxidation sites excluding steroid dienone is 2. The lowest BCUT2D eigenvalue weighted by atomic mass is 10.1. The van der Waals surface area contributed by atoms with E-state index in [2.05, 4.69) is 5.32 Å². The Hall–Kier alpha value is -2.79. The van der Waals surface area contributed by atoms with Crippen molar-refractivity contribution in [3.8, 4) is 0 Å². The Labute approximate surface area is 175 Å². The second kappa shape index (κ2) is 7.91. The minimum Gasteiger partial charge on any atom is -0.461 e.